The minimum absolute atomic E-state index is 0.205. The largest absolute Gasteiger partial charge is 0.507 e. The molecule has 0 saturated heterocycles. The number of phenols is 1. The summed E-state index contributed by atoms with van der Waals surface area (Å²) < 4.78 is 0. The molecule has 0 saturated carbocycles. The first kappa shape index (κ1) is 10.2. The van der Waals surface area contributed by atoms with Crippen molar-refractivity contribution < 1.29 is 5.11 Å². The number of hydrogen-bond acceptors (Lipinski definition) is 2. The lowest BCUT2D eigenvalue weighted by Gasteiger charge is -2.06. The highest BCUT2D eigenvalue weighted by molar-refractivity contribution is 6.31. The van der Waals surface area contributed by atoms with Crippen molar-refractivity contribution in [2.24, 2.45) is 0 Å². The van der Waals surface area contributed by atoms with E-state index in [0.29, 0.717) is 10.6 Å². The van der Waals surface area contributed by atoms with Crippen LogP contribution in [-0.4, -0.2) is 15.1 Å². The Balaban J connectivity index is 2.34. The van der Waals surface area contributed by atoms with E-state index < -0.39 is 0 Å². The Hall–Kier alpha value is -2.00. The number of H-pyrrole nitrogens is 1. The zero-order valence-electron chi connectivity index (χ0n) is 8.81. The molecule has 0 radical (unpaired) electrons. The van der Waals surface area contributed by atoms with Crippen molar-refractivity contribution in [1.82, 2.24) is 9.97 Å². The number of hydrogen-bond donors (Lipinski definition) is 2. The number of pyridine rings is 1. The fourth-order valence-electron chi connectivity index (χ4n) is 1.91. The summed E-state index contributed by atoms with van der Waals surface area (Å²) in [5.41, 5.74) is 3.35. The number of halogens is 1. The molecule has 0 amide bonds. The predicted molar refractivity (Wildman–Crippen MR) is 68.2 cm³/mol. The van der Waals surface area contributed by atoms with Crippen LogP contribution in [0.25, 0.3) is 22.2 Å². The topological polar surface area (TPSA) is 48.9 Å². The molecule has 2 heterocycles. The number of aromatic hydroxyl groups is 1. The SMILES string of the molecule is Oc1ccc(Cl)cc1-c1ccnc2cc[nH]c12. The van der Waals surface area contributed by atoms with Gasteiger partial charge in [-0.25, -0.2) is 0 Å². The average Bonchev–Trinajstić information content (AvgIpc) is 2.80. The second kappa shape index (κ2) is 3.79. The molecule has 17 heavy (non-hydrogen) atoms. The summed E-state index contributed by atoms with van der Waals surface area (Å²) in [7, 11) is 0. The number of phenolic OH excluding ortho intramolecular Hbond substituents is 1. The first-order chi connectivity index (χ1) is 8.25. The Morgan fingerprint density at radius 3 is 2.88 bits per heavy atom. The Morgan fingerprint density at radius 2 is 2.00 bits per heavy atom. The number of nitrogens with zero attached hydrogens (tertiary/aromatic N) is 1. The Morgan fingerprint density at radius 1 is 1.12 bits per heavy atom. The maximum Gasteiger partial charge on any atom is 0.123 e. The highest BCUT2D eigenvalue weighted by atomic mass is 35.5. The van der Waals surface area contributed by atoms with Crippen molar-refractivity contribution in [3.05, 3.63) is 47.7 Å². The van der Waals surface area contributed by atoms with Crippen molar-refractivity contribution in [3.63, 3.8) is 0 Å². The Kier molecular flexibility index (Phi) is 2.27. The van der Waals surface area contributed by atoms with Crippen LogP contribution < -0.4 is 0 Å². The van der Waals surface area contributed by atoms with E-state index in [1.807, 2.05) is 18.3 Å². The molecule has 0 aliphatic heterocycles. The van der Waals surface area contributed by atoms with Crippen LogP contribution >= 0.6 is 11.6 Å². The van der Waals surface area contributed by atoms with E-state index in [-0.39, 0.29) is 5.75 Å². The van der Waals surface area contributed by atoms with Crippen LogP contribution in [0.1, 0.15) is 0 Å². The monoisotopic (exact) mass is 244 g/mol. The van der Waals surface area contributed by atoms with Gasteiger partial charge in [0.25, 0.3) is 0 Å². The second-order valence-electron chi connectivity index (χ2n) is 3.76. The number of fused-ring (bicyclic) bond motifs is 1. The van der Waals surface area contributed by atoms with Gasteiger partial charge in [-0.3, -0.25) is 4.98 Å². The zero-order chi connectivity index (χ0) is 11.8. The molecule has 0 bridgehead atoms. The summed E-state index contributed by atoms with van der Waals surface area (Å²) >= 11 is 5.95. The summed E-state index contributed by atoms with van der Waals surface area (Å²) in [5.74, 6) is 0.205. The van der Waals surface area contributed by atoms with E-state index in [9.17, 15) is 5.11 Å². The lowest BCUT2D eigenvalue weighted by atomic mass is 10.0. The predicted octanol–water partition coefficient (Wildman–Crippen LogP) is 3.59. The van der Waals surface area contributed by atoms with Crippen molar-refractivity contribution in [2.75, 3.05) is 0 Å². The van der Waals surface area contributed by atoms with Gasteiger partial charge in [0.1, 0.15) is 5.75 Å². The maximum absolute atomic E-state index is 9.89. The van der Waals surface area contributed by atoms with Crippen LogP contribution in [0.2, 0.25) is 5.02 Å². The van der Waals surface area contributed by atoms with Gasteiger partial charge in [0, 0.05) is 28.5 Å². The Labute approximate surface area is 103 Å². The molecule has 3 rings (SSSR count). The van der Waals surface area contributed by atoms with Crippen LogP contribution in [0.4, 0.5) is 0 Å². The van der Waals surface area contributed by atoms with E-state index in [2.05, 4.69) is 9.97 Å². The van der Waals surface area contributed by atoms with Gasteiger partial charge < -0.3 is 10.1 Å². The van der Waals surface area contributed by atoms with E-state index in [4.69, 9.17) is 11.6 Å². The molecule has 3 nitrogen and oxygen atoms in total. The molecular formula is C13H9ClN2O. The minimum Gasteiger partial charge on any atom is -0.507 e. The lowest BCUT2D eigenvalue weighted by molar-refractivity contribution is 0.477. The molecule has 0 unspecified atom stereocenters. The van der Waals surface area contributed by atoms with Gasteiger partial charge in [0.05, 0.1) is 11.0 Å². The minimum atomic E-state index is 0.205. The van der Waals surface area contributed by atoms with Gasteiger partial charge in [-0.1, -0.05) is 11.6 Å². The third-order valence-electron chi connectivity index (χ3n) is 2.70. The molecule has 3 aromatic rings. The molecule has 0 aliphatic rings. The molecular weight excluding hydrogens is 236 g/mol. The smallest absolute Gasteiger partial charge is 0.123 e. The molecule has 1 aromatic carbocycles. The first-order valence-electron chi connectivity index (χ1n) is 5.17. The number of aromatic amines is 1. The summed E-state index contributed by atoms with van der Waals surface area (Å²) in [6.45, 7) is 0. The second-order valence-corrected chi connectivity index (χ2v) is 4.19. The molecule has 0 atom stereocenters. The van der Waals surface area contributed by atoms with Crippen molar-refractivity contribution >= 4 is 22.6 Å². The fourth-order valence-corrected chi connectivity index (χ4v) is 2.08. The normalized spacial score (nSPS) is 10.9. The van der Waals surface area contributed by atoms with Gasteiger partial charge in [0.15, 0.2) is 0 Å². The fraction of sp³-hybridized carbons (Fsp3) is 0. The lowest BCUT2D eigenvalue weighted by Crippen LogP contribution is -1.83. The maximum atomic E-state index is 9.89. The molecule has 0 spiro atoms. The molecule has 0 fully saturated rings. The van der Waals surface area contributed by atoms with E-state index >= 15 is 0 Å². The third-order valence-corrected chi connectivity index (χ3v) is 2.93. The van der Waals surface area contributed by atoms with Crippen LogP contribution in [-0.2, 0) is 0 Å². The van der Waals surface area contributed by atoms with Gasteiger partial charge in [-0.15, -0.1) is 0 Å². The summed E-state index contributed by atoms with van der Waals surface area (Å²) in [6.07, 6.45) is 3.54. The molecule has 84 valence electrons. The molecule has 4 heteroatoms. The summed E-state index contributed by atoms with van der Waals surface area (Å²) in [4.78, 5) is 7.35. The van der Waals surface area contributed by atoms with E-state index in [1.165, 1.54) is 0 Å². The molecule has 2 N–H and O–H groups in total. The van der Waals surface area contributed by atoms with E-state index in [1.54, 1.807) is 24.4 Å². The molecule has 2 aromatic heterocycles. The van der Waals surface area contributed by atoms with Crippen molar-refractivity contribution in [3.8, 4) is 16.9 Å². The van der Waals surface area contributed by atoms with Gasteiger partial charge in [0.2, 0.25) is 0 Å². The van der Waals surface area contributed by atoms with Gasteiger partial charge in [-0.05, 0) is 30.3 Å². The summed E-state index contributed by atoms with van der Waals surface area (Å²) in [5, 5.41) is 10.5. The number of benzene rings is 1. The zero-order valence-corrected chi connectivity index (χ0v) is 9.57. The standard InChI is InChI=1S/C13H9ClN2O/c14-8-1-2-12(17)10(7-8)9-3-5-15-11-4-6-16-13(9)11/h1-7,16-17H. The highest BCUT2D eigenvalue weighted by Gasteiger charge is 2.09. The average molecular weight is 245 g/mol. The van der Waals surface area contributed by atoms with E-state index in [0.717, 1.165) is 16.6 Å². The van der Waals surface area contributed by atoms with Crippen LogP contribution in [0.5, 0.6) is 5.75 Å². The van der Waals surface area contributed by atoms with Crippen LogP contribution in [0, 0.1) is 0 Å². The van der Waals surface area contributed by atoms with Crippen molar-refractivity contribution in [1.29, 1.82) is 0 Å². The first-order valence-corrected chi connectivity index (χ1v) is 5.54. The number of rotatable bonds is 1. The number of aromatic nitrogens is 2. The molecule has 0 aliphatic carbocycles. The van der Waals surface area contributed by atoms with Gasteiger partial charge in [-0.2, -0.15) is 0 Å². The van der Waals surface area contributed by atoms with Gasteiger partial charge >= 0.3 is 0 Å². The summed E-state index contributed by atoms with van der Waals surface area (Å²) in [6, 6.07) is 8.73. The number of nitrogens with one attached hydrogen (secondary N) is 1. The van der Waals surface area contributed by atoms with Crippen LogP contribution in [0.3, 0.4) is 0 Å². The third kappa shape index (κ3) is 1.65. The quantitative estimate of drug-likeness (QED) is 0.687. The Bertz CT molecular complexity index is 691. The highest BCUT2D eigenvalue weighted by Crippen LogP contribution is 2.34. The van der Waals surface area contributed by atoms with Crippen molar-refractivity contribution in [2.45, 2.75) is 0 Å². The van der Waals surface area contributed by atoms with Crippen LogP contribution in [0.15, 0.2) is 42.7 Å².